The number of rotatable bonds is 4. The molecule has 4 aromatic carbocycles. The second-order valence-electron chi connectivity index (χ2n) is 7.92. The van der Waals surface area contributed by atoms with Gasteiger partial charge in [-0.05, 0) is 51.9 Å². The SMILES string of the molecule is Cc1cc(C)cc(P(c2cc(C)cc(C)c2)C(C)[c-]2cccc2)c1.[Fe].[cH-]1[cH-][cH-][cH-][cH-]1. The van der Waals surface area contributed by atoms with Crippen LogP contribution in [-0.2, 0) is 17.1 Å². The Hall–Kier alpha value is -1.91. The first kappa shape index (κ1) is 24.4. The van der Waals surface area contributed by atoms with E-state index in [0.29, 0.717) is 5.66 Å². The van der Waals surface area contributed by atoms with E-state index in [2.05, 4.69) is 95.3 Å². The van der Waals surface area contributed by atoms with Crippen molar-refractivity contribution in [1.82, 2.24) is 0 Å². The smallest absolute Gasteiger partial charge is 0 e. The predicted molar refractivity (Wildman–Crippen MR) is 131 cm³/mol. The van der Waals surface area contributed by atoms with Crippen LogP contribution in [-0.4, -0.2) is 0 Å². The number of hydrogen-bond donors (Lipinski definition) is 0. The molecule has 0 spiro atoms. The summed E-state index contributed by atoms with van der Waals surface area (Å²) in [5.41, 5.74) is 7.39. The van der Waals surface area contributed by atoms with Gasteiger partial charge in [-0.15, -0.1) is 5.56 Å². The summed E-state index contributed by atoms with van der Waals surface area (Å²) in [5, 5.41) is 2.97. The molecule has 0 saturated heterocycles. The van der Waals surface area contributed by atoms with Crippen molar-refractivity contribution in [2.45, 2.75) is 40.3 Å². The van der Waals surface area contributed by atoms with Crippen LogP contribution in [0.4, 0.5) is 0 Å². The van der Waals surface area contributed by atoms with E-state index >= 15 is 0 Å². The normalized spacial score (nSPS) is 11.4. The van der Waals surface area contributed by atoms with Crippen molar-refractivity contribution in [3.63, 3.8) is 0 Å². The number of aryl methyl sites for hydroxylation is 4. The molecule has 162 valence electrons. The van der Waals surface area contributed by atoms with Crippen molar-refractivity contribution in [3.05, 3.63) is 119 Å². The minimum Gasteiger partial charge on any atom is -0.748 e. The molecular formula is C28H31FeP-6. The largest absolute Gasteiger partial charge is 0.748 e. The van der Waals surface area contributed by atoms with Gasteiger partial charge in [0.1, 0.15) is 0 Å². The van der Waals surface area contributed by atoms with Crippen LogP contribution in [0.1, 0.15) is 40.4 Å². The third kappa shape index (κ3) is 6.55. The first-order chi connectivity index (χ1) is 13.9. The first-order valence-electron chi connectivity index (χ1n) is 10.3. The van der Waals surface area contributed by atoms with Gasteiger partial charge in [-0.3, -0.25) is 0 Å². The van der Waals surface area contributed by atoms with Crippen LogP contribution in [0.25, 0.3) is 0 Å². The summed E-state index contributed by atoms with van der Waals surface area (Å²) in [4.78, 5) is 0. The maximum absolute atomic E-state index is 2.39. The Morgan fingerprint density at radius 1 is 0.633 bits per heavy atom. The summed E-state index contributed by atoms with van der Waals surface area (Å²) in [6, 6.07) is 32.9. The molecule has 0 aromatic heterocycles. The summed E-state index contributed by atoms with van der Waals surface area (Å²) in [5.74, 6) is 0. The van der Waals surface area contributed by atoms with E-state index < -0.39 is 7.92 Å². The minimum absolute atomic E-state index is 0. The zero-order valence-corrected chi connectivity index (χ0v) is 20.5. The van der Waals surface area contributed by atoms with Gasteiger partial charge in [-0.1, -0.05) is 65.6 Å². The van der Waals surface area contributed by atoms with Crippen molar-refractivity contribution < 1.29 is 17.1 Å². The van der Waals surface area contributed by atoms with Crippen LogP contribution in [0.2, 0.25) is 0 Å². The second kappa shape index (κ2) is 11.5. The minimum atomic E-state index is -0.427. The van der Waals surface area contributed by atoms with E-state index in [-0.39, 0.29) is 17.1 Å². The summed E-state index contributed by atoms with van der Waals surface area (Å²) < 4.78 is 0. The molecule has 0 aliphatic rings. The fraction of sp³-hybridized carbons (Fsp3) is 0.214. The van der Waals surface area contributed by atoms with Gasteiger partial charge in [0.25, 0.3) is 0 Å². The van der Waals surface area contributed by atoms with Crippen molar-refractivity contribution in [2.24, 2.45) is 0 Å². The van der Waals surface area contributed by atoms with Gasteiger partial charge in [-0.2, -0.15) is 12.1 Å². The Labute approximate surface area is 194 Å². The number of benzene rings is 2. The maximum Gasteiger partial charge on any atom is 0 e. The van der Waals surface area contributed by atoms with Crippen molar-refractivity contribution >= 4 is 18.5 Å². The van der Waals surface area contributed by atoms with Crippen molar-refractivity contribution in [2.75, 3.05) is 0 Å². The Balaban J connectivity index is 0.000000468. The second-order valence-corrected chi connectivity index (χ2v) is 10.5. The van der Waals surface area contributed by atoms with Gasteiger partial charge in [0, 0.05) is 17.1 Å². The van der Waals surface area contributed by atoms with Crippen molar-refractivity contribution in [1.29, 1.82) is 0 Å². The third-order valence-corrected chi connectivity index (χ3v) is 7.78. The monoisotopic (exact) mass is 454 g/mol. The third-order valence-electron chi connectivity index (χ3n) is 5.08. The number of hydrogen-bond acceptors (Lipinski definition) is 0. The molecule has 0 N–H and O–H groups in total. The van der Waals surface area contributed by atoms with Crippen LogP contribution < -0.4 is 10.6 Å². The molecule has 2 heteroatoms. The molecule has 0 nitrogen and oxygen atoms in total. The predicted octanol–water partition coefficient (Wildman–Crippen LogP) is 7.24. The molecule has 0 amide bonds. The zero-order valence-electron chi connectivity index (χ0n) is 18.5. The van der Waals surface area contributed by atoms with Gasteiger partial charge in [0.2, 0.25) is 0 Å². The molecular weight excluding hydrogens is 423 g/mol. The Morgan fingerprint density at radius 3 is 1.30 bits per heavy atom. The molecule has 0 saturated carbocycles. The van der Waals surface area contributed by atoms with Crippen LogP contribution in [0.3, 0.4) is 0 Å². The van der Waals surface area contributed by atoms with Gasteiger partial charge in [0.15, 0.2) is 0 Å². The first-order valence-corrected chi connectivity index (χ1v) is 11.7. The fourth-order valence-electron chi connectivity index (χ4n) is 3.91. The van der Waals surface area contributed by atoms with Crippen LogP contribution >= 0.6 is 7.92 Å². The molecule has 0 aliphatic heterocycles. The maximum atomic E-state index is 2.39. The van der Waals surface area contributed by atoms with Gasteiger partial charge in [-0.25, -0.2) is 12.1 Å². The van der Waals surface area contributed by atoms with Gasteiger partial charge < -0.3 is 30.3 Å². The van der Waals surface area contributed by atoms with Gasteiger partial charge in [0.05, 0.1) is 0 Å². The van der Waals surface area contributed by atoms with Crippen molar-refractivity contribution in [3.8, 4) is 0 Å². The topological polar surface area (TPSA) is 0 Å². The molecule has 1 atom stereocenters. The summed E-state index contributed by atoms with van der Waals surface area (Å²) in [6.45, 7) is 11.2. The summed E-state index contributed by atoms with van der Waals surface area (Å²) in [7, 11) is -0.427. The average Bonchev–Trinajstić information content (AvgIpc) is 3.37. The standard InChI is InChI=1S/C23H26P.C5H5.Fe/c1-16-10-17(2)13-22(12-16)24(20(5)21-8-6-7-9-21)23-14-18(3)11-19(4)15-23;1-2-4-5-3-1;/h6-15,20H,1-5H3;1-5H;/q-1;-5;. The summed E-state index contributed by atoms with van der Waals surface area (Å²) in [6.07, 6.45) is 0. The van der Waals surface area contributed by atoms with E-state index in [1.807, 2.05) is 30.3 Å². The quantitative estimate of drug-likeness (QED) is 0.173. The molecule has 30 heavy (non-hydrogen) atoms. The molecule has 0 radical (unpaired) electrons. The van der Waals surface area contributed by atoms with Crippen LogP contribution in [0.5, 0.6) is 0 Å². The Kier molecular flexibility index (Phi) is 9.32. The molecule has 0 fully saturated rings. The van der Waals surface area contributed by atoms with E-state index in [9.17, 15) is 0 Å². The molecule has 0 aliphatic carbocycles. The average molecular weight is 454 g/mol. The molecule has 0 heterocycles. The molecule has 0 bridgehead atoms. The van der Waals surface area contributed by atoms with E-state index in [4.69, 9.17) is 0 Å². The fourth-order valence-corrected chi connectivity index (χ4v) is 6.95. The molecule has 4 aromatic rings. The van der Waals surface area contributed by atoms with Gasteiger partial charge >= 0.3 is 0 Å². The Morgan fingerprint density at radius 2 is 0.967 bits per heavy atom. The van der Waals surface area contributed by atoms with E-state index in [1.54, 1.807) is 0 Å². The van der Waals surface area contributed by atoms with E-state index in [0.717, 1.165) is 0 Å². The van der Waals surface area contributed by atoms with Crippen LogP contribution in [0.15, 0.2) is 91.0 Å². The molecule has 1 unspecified atom stereocenters. The van der Waals surface area contributed by atoms with Crippen LogP contribution in [0, 0.1) is 27.7 Å². The molecule has 4 rings (SSSR count). The Bertz CT molecular complexity index is 904. The van der Waals surface area contributed by atoms with E-state index in [1.165, 1.54) is 38.4 Å². The summed E-state index contributed by atoms with van der Waals surface area (Å²) >= 11 is 0. The zero-order chi connectivity index (χ0) is 20.8.